The second kappa shape index (κ2) is 18.8. The molecular formula is C54H53F2N9O8. The largest absolute Gasteiger partial charge is 0.508 e. The molecule has 5 atom stereocenters. The summed E-state index contributed by atoms with van der Waals surface area (Å²) < 4.78 is 44.7. The first-order valence-corrected chi connectivity index (χ1v) is 24.8. The molecule has 0 radical (unpaired) electrons. The normalized spacial score (nSPS) is 23.6. The summed E-state index contributed by atoms with van der Waals surface area (Å²) in [4.78, 5) is 84.8. The first-order chi connectivity index (χ1) is 35.2. The predicted octanol–water partition coefficient (Wildman–Crippen LogP) is 5.79. The van der Waals surface area contributed by atoms with Crippen molar-refractivity contribution in [3.63, 3.8) is 0 Å². The maximum Gasteiger partial charge on any atom is 0.409 e. The fourth-order valence-electron chi connectivity index (χ4n) is 11.9. The van der Waals surface area contributed by atoms with Crippen molar-refractivity contribution in [1.29, 1.82) is 0 Å². The Morgan fingerprint density at radius 1 is 1.00 bits per heavy atom. The molecule has 0 aliphatic carbocycles. The van der Waals surface area contributed by atoms with Crippen LogP contribution >= 0.6 is 0 Å². The van der Waals surface area contributed by atoms with Crippen LogP contribution in [-0.4, -0.2) is 141 Å². The number of piperazine rings is 1. The van der Waals surface area contributed by atoms with Gasteiger partial charge >= 0.3 is 12.1 Å². The fourth-order valence-corrected chi connectivity index (χ4v) is 11.9. The lowest BCUT2D eigenvalue weighted by atomic mass is 9.94. The van der Waals surface area contributed by atoms with Gasteiger partial charge < -0.3 is 29.7 Å². The van der Waals surface area contributed by atoms with Crippen LogP contribution in [0.2, 0.25) is 0 Å². The van der Waals surface area contributed by atoms with Gasteiger partial charge in [-0.2, -0.15) is 9.97 Å². The Kier molecular flexibility index (Phi) is 12.3. The molecule has 17 nitrogen and oxygen atoms in total. The number of nitrogens with zero attached hydrogens (tertiary/aromatic N) is 7. The van der Waals surface area contributed by atoms with Gasteiger partial charge in [-0.25, -0.2) is 13.6 Å². The molecule has 0 spiro atoms. The van der Waals surface area contributed by atoms with Crippen LogP contribution in [0.4, 0.5) is 19.4 Å². The highest BCUT2D eigenvalue weighted by molar-refractivity contribution is 6.23. The van der Waals surface area contributed by atoms with E-state index in [9.17, 15) is 29.1 Å². The SMILES string of the molecule is C#Cc1c(F)ccc2cc(O)cc(-c3ncc4c(N5CC6CCC(C5)N6)nc(OC[C@@]56CC[C@@H](COC(=O)N(C)CCCCc7ccc8c(c7)C(=O)N(C7CCC(=O)NC7=O)C8=O)N5CC(=C)C6)nc4c3F)c12. The van der Waals surface area contributed by atoms with E-state index >= 15 is 8.78 Å². The number of nitrogens with one attached hydrogen (secondary N) is 2. The molecule has 0 saturated carbocycles. The van der Waals surface area contributed by atoms with Crippen molar-refractivity contribution in [2.24, 2.45) is 0 Å². The molecule has 6 aliphatic rings. The number of aryl methyl sites for hydroxylation is 1. The zero-order chi connectivity index (χ0) is 50.9. The number of piperidine rings is 1. The van der Waals surface area contributed by atoms with E-state index in [4.69, 9.17) is 20.9 Å². The number of phenolic OH excluding ortho intramolecular Hbond substituents is 1. The van der Waals surface area contributed by atoms with Crippen molar-refractivity contribution in [2.45, 2.75) is 93.9 Å². The van der Waals surface area contributed by atoms with Gasteiger partial charge in [0.2, 0.25) is 11.8 Å². The smallest absolute Gasteiger partial charge is 0.409 e. The number of ether oxygens (including phenoxy) is 2. The number of phenols is 1. The lowest BCUT2D eigenvalue weighted by molar-refractivity contribution is -0.136. The maximum atomic E-state index is 17.2. The third-order valence-electron chi connectivity index (χ3n) is 15.5. The number of terminal acetylenes is 1. The monoisotopic (exact) mass is 993 g/mol. The highest BCUT2D eigenvalue weighted by Gasteiger charge is 2.52. The number of anilines is 1. The standard InChI is InChI=1S/C54H53F2N9O8/c1-4-36-41(55)13-9-31-20-35(66)21-39(44(31)36)46-45(56)47-40(23-57-46)48(63-25-32-10-11-33(26-63)58-32)61-52(60-47)73-28-54-17-16-34(64(54)24-29(2)22-54)27-72-53(71)62(3)18-6-5-7-30-8-12-37-38(19-30)51(70)65(50(37)69)42-14-15-43(67)59-49(42)68/h1,8-9,12-13,19-21,23,32-34,42,58,66H,2,5-7,10-11,14-18,22,24-28H2,3H3,(H,59,67,68)/t32?,33?,34-,42?,54-/m0/s1. The summed E-state index contributed by atoms with van der Waals surface area (Å²) in [7, 11) is 1.68. The number of carbonyl (C=O) groups excluding carboxylic acids is 5. The number of aromatic hydroxyl groups is 1. The number of hydrogen-bond acceptors (Lipinski definition) is 14. The van der Waals surface area contributed by atoms with Gasteiger partial charge in [0, 0.05) is 74.9 Å². The van der Waals surface area contributed by atoms with E-state index in [1.54, 1.807) is 25.2 Å². The van der Waals surface area contributed by atoms with Crippen LogP contribution in [0.15, 0.2) is 60.8 Å². The maximum absolute atomic E-state index is 17.2. The van der Waals surface area contributed by atoms with Crippen molar-refractivity contribution in [1.82, 2.24) is 40.3 Å². The number of hydrogen-bond donors (Lipinski definition) is 3. The summed E-state index contributed by atoms with van der Waals surface area (Å²) in [6, 6.07) is 9.78. The second-order valence-corrected chi connectivity index (χ2v) is 20.3. The Labute approximate surface area is 418 Å². The molecule has 2 aromatic heterocycles. The number of pyridine rings is 1. The second-order valence-electron chi connectivity index (χ2n) is 20.3. The third kappa shape index (κ3) is 8.65. The lowest BCUT2D eigenvalue weighted by Crippen LogP contribution is -2.54. The van der Waals surface area contributed by atoms with Crippen molar-refractivity contribution in [2.75, 3.05) is 51.3 Å². The molecular weight excluding hydrogens is 941 g/mol. The molecule has 73 heavy (non-hydrogen) atoms. The van der Waals surface area contributed by atoms with Crippen molar-refractivity contribution >= 4 is 57.2 Å². The predicted molar refractivity (Wildman–Crippen MR) is 264 cm³/mol. The van der Waals surface area contributed by atoms with E-state index in [-0.39, 0.29) is 94.8 Å². The quantitative estimate of drug-likeness (QED) is 0.0555. The van der Waals surface area contributed by atoms with Crippen molar-refractivity contribution < 1.29 is 47.3 Å². The zero-order valence-corrected chi connectivity index (χ0v) is 40.2. The minimum absolute atomic E-state index is 0.0277. The molecule has 3 N–H and O–H groups in total. The molecule has 5 fully saturated rings. The van der Waals surface area contributed by atoms with Crippen LogP contribution in [0.5, 0.6) is 11.8 Å². The van der Waals surface area contributed by atoms with E-state index in [2.05, 4.69) is 42.9 Å². The summed E-state index contributed by atoms with van der Waals surface area (Å²) in [5, 5.41) is 17.6. The van der Waals surface area contributed by atoms with Crippen molar-refractivity contribution in [3.8, 4) is 35.4 Å². The highest BCUT2D eigenvalue weighted by Crippen LogP contribution is 2.45. The molecule has 8 heterocycles. The van der Waals surface area contributed by atoms with Crippen LogP contribution < -0.4 is 20.3 Å². The van der Waals surface area contributed by atoms with E-state index in [1.807, 2.05) is 0 Å². The van der Waals surface area contributed by atoms with E-state index in [0.29, 0.717) is 74.9 Å². The number of amides is 5. The van der Waals surface area contributed by atoms with Gasteiger partial charge in [0.05, 0.1) is 27.6 Å². The number of halogens is 2. The fraction of sp³-hybridized carbons (Fsp3) is 0.407. The van der Waals surface area contributed by atoms with Crippen LogP contribution in [0, 0.1) is 24.0 Å². The molecule has 5 saturated heterocycles. The van der Waals surface area contributed by atoms with E-state index in [0.717, 1.165) is 35.3 Å². The molecule has 3 unspecified atom stereocenters. The van der Waals surface area contributed by atoms with Gasteiger partial charge in [-0.05, 0) is 99.1 Å². The first-order valence-electron chi connectivity index (χ1n) is 24.8. The minimum atomic E-state index is -1.03. The average molecular weight is 994 g/mol. The third-order valence-corrected chi connectivity index (χ3v) is 15.5. The Bertz CT molecular complexity index is 3220. The summed E-state index contributed by atoms with van der Waals surface area (Å²) >= 11 is 0. The topological polar surface area (TPSA) is 200 Å². The van der Waals surface area contributed by atoms with E-state index < -0.39 is 52.9 Å². The molecule has 376 valence electrons. The summed E-state index contributed by atoms with van der Waals surface area (Å²) in [6.07, 6.45) is 12.9. The summed E-state index contributed by atoms with van der Waals surface area (Å²) in [5.41, 5.74) is 1.60. The zero-order valence-electron chi connectivity index (χ0n) is 40.2. The minimum Gasteiger partial charge on any atom is -0.508 e. The Hall–Kier alpha value is -7.56. The Morgan fingerprint density at radius 2 is 1.79 bits per heavy atom. The van der Waals surface area contributed by atoms with E-state index in [1.165, 1.54) is 35.4 Å². The molecule has 2 bridgehead atoms. The Balaban J connectivity index is 0.750. The van der Waals surface area contributed by atoms with Gasteiger partial charge in [-0.15, -0.1) is 6.42 Å². The van der Waals surface area contributed by atoms with Gasteiger partial charge in [0.1, 0.15) is 47.9 Å². The Morgan fingerprint density at radius 3 is 2.58 bits per heavy atom. The number of benzene rings is 3. The number of aromatic nitrogens is 3. The molecule has 6 aliphatic heterocycles. The van der Waals surface area contributed by atoms with Gasteiger partial charge in [-0.1, -0.05) is 30.2 Å². The van der Waals surface area contributed by atoms with Crippen LogP contribution in [0.3, 0.4) is 0 Å². The van der Waals surface area contributed by atoms with Crippen LogP contribution in [-0.2, 0) is 20.7 Å². The van der Waals surface area contributed by atoms with Crippen LogP contribution in [0.1, 0.15) is 89.6 Å². The summed E-state index contributed by atoms with van der Waals surface area (Å²) in [6.45, 7) is 6.89. The van der Waals surface area contributed by atoms with Gasteiger partial charge in [0.25, 0.3) is 11.8 Å². The number of carbonyl (C=O) groups is 5. The highest BCUT2D eigenvalue weighted by atomic mass is 19.1. The average Bonchev–Trinajstić information content (AvgIpc) is 4.08. The van der Waals surface area contributed by atoms with Crippen LogP contribution in [0.25, 0.3) is 32.9 Å². The molecule has 11 rings (SSSR count). The summed E-state index contributed by atoms with van der Waals surface area (Å²) in [5.74, 6) is -0.969. The van der Waals surface area contributed by atoms with Gasteiger partial charge in [-0.3, -0.25) is 39.3 Å². The molecule has 5 aromatic rings. The molecule has 19 heteroatoms. The lowest BCUT2D eigenvalue weighted by Gasteiger charge is -2.35. The van der Waals surface area contributed by atoms with Gasteiger partial charge in [0.15, 0.2) is 5.82 Å². The number of unbranched alkanes of at least 4 members (excludes halogenated alkanes) is 1. The number of fused-ring (bicyclic) bond motifs is 6. The number of imide groups is 2. The molecule has 5 amide bonds. The number of rotatable bonds is 13. The molecule has 3 aromatic carbocycles. The van der Waals surface area contributed by atoms with Crippen molar-refractivity contribution in [3.05, 3.63) is 94.7 Å². The first kappa shape index (κ1) is 47.7.